The number of carbonyl (C=O) groups is 1. The summed E-state index contributed by atoms with van der Waals surface area (Å²) < 4.78 is 1.51. The molecule has 1 heterocycles. The Bertz CT molecular complexity index is 426. The van der Waals surface area contributed by atoms with Crippen molar-refractivity contribution in [2.75, 3.05) is 11.9 Å². The van der Waals surface area contributed by atoms with E-state index >= 15 is 0 Å². The monoisotopic (exact) mass is 228 g/mol. The van der Waals surface area contributed by atoms with Crippen molar-refractivity contribution in [2.45, 2.75) is 13.3 Å². The van der Waals surface area contributed by atoms with Gasteiger partial charge in [0.1, 0.15) is 0 Å². The second-order valence-electron chi connectivity index (χ2n) is 3.22. The molecule has 8 heteroatoms. The lowest BCUT2D eigenvalue weighted by Crippen LogP contribution is -2.11. The summed E-state index contributed by atoms with van der Waals surface area (Å²) in [5.41, 5.74) is 0. The molecule has 0 saturated carbocycles. The fourth-order valence-electron chi connectivity index (χ4n) is 1.21. The predicted octanol–water partition coefficient (Wildman–Crippen LogP) is 0.523. The van der Waals surface area contributed by atoms with Crippen LogP contribution in [0.1, 0.15) is 12.2 Å². The number of aryl methyl sites for hydroxylation is 1. The number of rotatable bonds is 5. The molecule has 0 saturated heterocycles. The molecule has 0 fully saturated rings. The summed E-state index contributed by atoms with van der Waals surface area (Å²) >= 11 is 0. The first-order chi connectivity index (χ1) is 7.43. The van der Waals surface area contributed by atoms with E-state index in [0.717, 1.165) is 0 Å². The van der Waals surface area contributed by atoms with E-state index in [-0.39, 0.29) is 24.6 Å². The molecular weight excluding hydrogens is 216 g/mol. The predicted molar refractivity (Wildman–Crippen MR) is 55.3 cm³/mol. The number of carboxylic acids is 1. The number of nitrogens with one attached hydrogen (secondary N) is 1. The van der Waals surface area contributed by atoms with Crippen molar-refractivity contribution in [3.63, 3.8) is 0 Å². The van der Waals surface area contributed by atoms with Gasteiger partial charge in [0, 0.05) is 20.5 Å². The Hall–Kier alpha value is -2.12. The lowest BCUT2D eigenvalue weighted by molar-refractivity contribution is -0.388. The van der Waals surface area contributed by atoms with Gasteiger partial charge in [-0.1, -0.05) is 0 Å². The van der Waals surface area contributed by atoms with Crippen molar-refractivity contribution < 1.29 is 14.8 Å². The fourth-order valence-corrected chi connectivity index (χ4v) is 1.21. The zero-order chi connectivity index (χ0) is 12.3. The van der Waals surface area contributed by atoms with Crippen LogP contribution >= 0.6 is 0 Å². The Labute approximate surface area is 91.1 Å². The summed E-state index contributed by atoms with van der Waals surface area (Å²) in [5, 5.41) is 21.8. The molecule has 2 N–H and O–H groups in total. The minimum atomic E-state index is -0.964. The SMILES string of the molecule is Cc1nc([N+](=O)[O-])c(NCCC(=O)O)n1C. The van der Waals surface area contributed by atoms with Crippen LogP contribution < -0.4 is 5.32 Å². The van der Waals surface area contributed by atoms with Crippen LogP contribution in [0.3, 0.4) is 0 Å². The van der Waals surface area contributed by atoms with E-state index in [1.807, 2.05) is 0 Å². The highest BCUT2D eigenvalue weighted by Gasteiger charge is 2.23. The summed E-state index contributed by atoms with van der Waals surface area (Å²) in [6.45, 7) is 1.75. The van der Waals surface area contributed by atoms with Gasteiger partial charge in [0.15, 0.2) is 0 Å². The number of imidazole rings is 1. The number of nitro groups is 1. The fraction of sp³-hybridized carbons (Fsp3) is 0.500. The summed E-state index contributed by atoms with van der Waals surface area (Å²) in [7, 11) is 1.62. The molecule has 0 spiro atoms. The second-order valence-corrected chi connectivity index (χ2v) is 3.22. The zero-order valence-electron chi connectivity index (χ0n) is 8.93. The van der Waals surface area contributed by atoms with Gasteiger partial charge in [-0.15, -0.1) is 0 Å². The Morgan fingerprint density at radius 2 is 2.31 bits per heavy atom. The topological polar surface area (TPSA) is 110 Å². The van der Waals surface area contributed by atoms with Gasteiger partial charge in [0.05, 0.1) is 6.42 Å². The van der Waals surface area contributed by atoms with Crippen LogP contribution in [0.2, 0.25) is 0 Å². The van der Waals surface area contributed by atoms with Crippen LogP contribution in [-0.4, -0.2) is 32.1 Å². The van der Waals surface area contributed by atoms with E-state index in [0.29, 0.717) is 5.82 Å². The summed E-state index contributed by atoms with van der Waals surface area (Å²) in [4.78, 5) is 24.1. The standard InChI is InChI=1S/C8H12N4O4/c1-5-10-8(12(15)16)7(11(5)2)9-4-3-6(13)14/h9H,3-4H2,1-2H3,(H,13,14). The van der Waals surface area contributed by atoms with Crippen molar-refractivity contribution in [1.29, 1.82) is 0 Å². The van der Waals surface area contributed by atoms with Crippen LogP contribution in [0.25, 0.3) is 0 Å². The normalized spacial score (nSPS) is 10.1. The van der Waals surface area contributed by atoms with Gasteiger partial charge in [0.25, 0.3) is 0 Å². The molecule has 1 aromatic heterocycles. The average Bonchev–Trinajstić information content (AvgIpc) is 2.45. The van der Waals surface area contributed by atoms with Crippen LogP contribution in [0, 0.1) is 17.0 Å². The molecule has 0 atom stereocenters. The van der Waals surface area contributed by atoms with Gasteiger partial charge in [-0.3, -0.25) is 9.36 Å². The first-order valence-electron chi connectivity index (χ1n) is 4.57. The Kier molecular flexibility index (Phi) is 3.44. The molecular formula is C8H12N4O4. The molecule has 0 amide bonds. The van der Waals surface area contributed by atoms with E-state index in [2.05, 4.69) is 10.3 Å². The minimum absolute atomic E-state index is 0.110. The van der Waals surface area contributed by atoms with Gasteiger partial charge in [-0.25, -0.2) is 0 Å². The number of anilines is 1. The minimum Gasteiger partial charge on any atom is -0.481 e. The molecule has 88 valence electrons. The molecule has 0 radical (unpaired) electrons. The molecule has 0 aliphatic carbocycles. The lowest BCUT2D eigenvalue weighted by Gasteiger charge is -2.04. The molecule has 0 bridgehead atoms. The van der Waals surface area contributed by atoms with Crippen molar-refractivity contribution in [3.05, 3.63) is 15.9 Å². The zero-order valence-corrected chi connectivity index (χ0v) is 8.93. The van der Waals surface area contributed by atoms with Gasteiger partial charge in [-0.05, 0) is 9.91 Å². The molecule has 0 aliphatic heterocycles. The number of hydrogen-bond donors (Lipinski definition) is 2. The molecule has 16 heavy (non-hydrogen) atoms. The van der Waals surface area contributed by atoms with Gasteiger partial charge in [-0.2, -0.15) is 0 Å². The van der Waals surface area contributed by atoms with Crippen LogP contribution in [0.5, 0.6) is 0 Å². The van der Waals surface area contributed by atoms with E-state index in [9.17, 15) is 14.9 Å². The van der Waals surface area contributed by atoms with E-state index in [1.54, 1.807) is 14.0 Å². The maximum atomic E-state index is 10.7. The number of aliphatic carboxylic acids is 1. The largest absolute Gasteiger partial charge is 0.481 e. The van der Waals surface area contributed by atoms with E-state index in [4.69, 9.17) is 5.11 Å². The van der Waals surface area contributed by atoms with Crippen LogP contribution in [0.15, 0.2) is 0 Å². The Morgan fingerprint density at radius 1 is 1.69 bits per heavy atom. The smallest absolute Gasteiger partial charge is 0.406 e. The summed E-state index contributed by atoms with van der Waals surface area (Å²) in [6, 6.07) is 0. The first kappa shape index (κ1) is 12.0. The first-order valence-corrected chi connectivity index (χ1v) is 4.57. The third-order valence-corrected chi connectivity index (χ3v) is 2.10. The van der Waals surface area contributed by atoms with E-state index < -0.39 is 10.9 Å². The highest BCUT2D eigenvalue weighted by atomic mass is 16.6. The lowest BCUT2D eigenvalue weighted by atomic mass is 10.4. The summed E-state index contributed by atoms with van der Waals surface area (Å²) in [6.07, 6.45) is -0.110. The number of aromatic nitrogens is 2. The van der Waals surface area contributed by atoms with Crippen molar-refractivity contribution in [1.82, 2.24) is 9.55 Å². The maximum absolute atomic E-state index is 10.7. The number of hydrogen-bond acceptors (Lipinski definition) is 5. The Balaban J connectivity index is 2.85. The number of nitrogens with zero attached hydrogens (tertiary/aromatic N) is 3. The van der Waals surface area contributed by atoms with Crippen LogP contribution in [-0.2, 0) is 11.8 Å². The third-order valence-electron chi connectivity index (χ3n) is 2.10. The highest BCUT2D eigenvalue weighted by Crippen LogP contribution is 2.23. The maximum Gasteiger partial charge on any atom is 0.406 e. The molecule has 1 rings (SSSR count). The second kappa shape index (κ2) is 4.60. The van der Waals surface area contributed by atoms with Crippen LogP contribution in [0.4, 0.5) is 11.6 Å². The van der Waals surface area contributed by atoms with Gasteiger partial charge >= 0.3 is 11.8 Å². The average molecular weight is 228 g/mol. The molecule has 8 nitrogen and oxygen atoms in total. The van der Waals surface area contributed by atoms with Crippen molar-refractivity contribution >= 4 is 17.6 Å². The highest BCUT2D eigenvalue weighted by molar-refractivity contribution is 5.67. The quantitative estimate of drug-likeness (QED) is 0.561. The molecule has 0 aliphatic rings. The van der Waals surface area contributed by atoms with Crippen molar-refractivity contribution in [2.24, 2.45) is 7.05 Å². The van der Waals surface area contributed by atoms with Gasteiger partial charge in [0.2, 0.25) is 11.6 Å². The van der Waals surface area contributed by atoms with E-state index in [1.165, 1.54) is 4.57 Å². The van der Waals surface area contributed by atoms with Gasteiger partial charge < -0.3 is 20.5 Å². The number of carboxylic acid groups (broad SMARTS) is 1. The molecule has 0 aromatic carbocycles. The Morgan fingerprint density at radius 3 is 2.81 bits per heavy atom. The molecule has 0 unspecified atom stereocenters. The van der Waals surface area contributed by atoms with Crippen molar-refractivity contribution in [3.8, 4) is 0 Å². The molecule has 1 aromatic rings. The summed E-state index contributed by atoms with van der Waals surface area (Å²) in [5.74, 6) is -0.535. The third kappa shape index (κ3) is 2.47.